The molecule has 1 aliphatic rings. The summed E-state index contributed by atoms with van der Waals surface area (Å²) in [6.45, 7) is 3.26. The zero-order valence-electron chi connectivity index (χ0n) is 15.2. The van der Waals surface area contributed by atoms with Crippen LogP contribution in [-0.2, 0) is 6.42 Å². The molecule has 2 aromatic heterocycles. The van der Waals surface area contributed by atoms with Gasteiger partial charge in [-0.1, -0.05) is 24.3 Å². The lowest BCUT2D eigenvalue weighted by molar-refractivity contribution is 0.0787. The third-order valence-electron chi connectivity index (χ3n) is 4.87. The number of carbonyl (C=O) groups excluding carboxylic acids is 2. The molecule has 5 nitrogen and oxygen atoms in total. The number of aromatic amines is 1. The predicted octanol–water partition coefficient (Wildman–Crippen LogP) is 4.17. The van der Waals surface area contributed by atoms with Gasteiger partial charge in [0.05, 0.1) is 10.7 Å². The Hall–Kier alpha value is -2.73. The van der Waals surface area contributed by atoms with Crippen molar-refractivity contribution in [2.45, 2.75) is 26.2 Å². The third-order valence-corrected chi connectivity index (χ3v) is 5.72. The Balaban J connectivity index is 1.46. The lowest BCUT2D eigenvalue weighted by Crippen LogP contribution is -2.27. The third kappa shape index (κ3) is 3.85. The Bertz CT molecular complexity index is 965. The van der Waals surface area contributed by atoms with Crippen LogP contribution in [-0.4, -0.2) is 39.6 Å². The molecule has 3 heterocycles. The molecular formula is C21H21N3O2S. The van der Waals surface area contributed by atoms with Crippen molar-refractivity contribution in [2.24, 2.45) is 0 Å². The van der Waals surface area contributed by atoms with Crippen molar-refractivity contribution in [3.05, 3.63) is 63.7 Å². The topological polar surface area (TPSA) is 66.1 Å². The molecule has 1 N–H and O–H groups in total. The van der Waals surface area contributed by atoms with E-state index in [2.05, 4.69) is 4.98 Å². The largest absolute Gasteiger partial charge is 0.357 e. The smallest absolute Gasteiger partial charge is 0.270 e. The van der Waals surface area contributed by atoms with E-state index in [4.69, 9.17) is 4.98 Å². The highest BCUT2D eigenvalue weighted by Gasteiger charge is 2.21. The molecule has 0 atom stereocenters. The maximum absolute atomic E-state index is 12.5. The second-order valence-electron chi connectivity index (χ2n) is 6.86. The average molecular weight is 379 g/mol. The highest BCUT2D eigenvalue weighted by atomic mass is 32.1. The molecule has 0 bridgehead atoms. The molecule has 138 valence electrons. The Morgan fingerprint density at radius 2 is 1.93 bits per heavy atom. The number of hydrogen-bond acceptors (Lipinski definition) is 4. The number of hydrogen-bond donors (Lipinski definition) is 1. The number of aromatic nitrogens is 2. The minimum Gasteiger partial charge on any atom is -0.357 e. The number of likely N-dealkylation sites (tertiary alicyclic amines) is 1. The standard InChI is InChI=1S/C21H21N3O2S/c1-14(25)16-6-4-15(5-7-16)10-20-23-19(13-27-20)17-11-18(22-12-17)21(26)24-8-2-3-9-24/h4-7,11-13,22H,2-3,8-10H2,1H3. The number of Topliss-reactive ketones (excluding diaryl/α,β-unsaturated/α-hetero) is 1. The molecule has 1 saturated heterocycles. The minimum absolute atomic E-state index is 0.0692. The fraction of sp³-hybridized carbons (Fsp3) is 0.286. The Kier molecular flexibility index (Phi) is 4.90. The molecule has 6 heteroatoms. The Morgan fingerprint density at radius 3 is 2.63 bits per heavy atom. The number of H-pyrrole nitrogens is 1. The van der Waals surface area contributed by atoms with Crippen molar-refractivity contribution >= 4 is 23.0 Å². The van der Waals surface area contributed by atoms with E-state index in [1.165, 1.54) is 0 Å². The molecule has 0 aliphatic carbocycles. The lowest BCUT2D eigenvalue weighted by Gasteiger charge is -2.13. The van der Waals surface area contributed by atoms with Crippen LogP contribution in [0.2, 0.25) is 0 Å². The number of ketones is 1. The van der Waals surface area contributed by atoms with Crippen molar-refractivity contribution in [1.82, 2.24) is 14.9 Å². The van der Waals surface area contributed by atoms with Crippen LogP contribution in [0.15, 0.2) is 41.9 Å². The maximum atomic E-state index is 12.5. The summed E-state index contributed by atoms with van der Waals surface area (Å²) in [5.74, 6) is 0.143. The molecule has 1 fully saturated rings. The van der Waals surface area contributed by atoms with Gasteiger partial charge in [-0.3, -0.25) is 9.59 Å². The number of nitrogens with one attached hydrogen (secondary N) is 1. The van der Waals surface area contributed by atoms with E-state index in [1.54, 1.807) is 18.3 Å². The van der Waals surface area contributed by atoms with Crippen LogP contribution >= 0.6 is 11.3 Å². The average Bonchev–Trinajstić information content (AvgIpc) is 3.42. The van der Waals surface area contributed by atoms with Gasteiger partial charge in [0.25, 0.3) is 5.91 Å². The van der Waals surface area contributed by atoms with Gasteiger partial charge >= 0.3 is 0 Å². The fourth-order valence-corrected chi connectivity index (χ4v) is 4.15. The molecule has 0 unspecified atom stereocenters. The summed E-state index contributed by atoms with van der Waals surface area (Å²) in [6, 6.07) is 9.55. The molecule has 27 heavy (non-hydrogen) atoms. The monoisotopic (exact) mass is 379 g/mol. The summed E-state index contributed by atoms with van der Waals surface area (Å²) < 4.78 is 0. The molecule has 1 amide bonds. The molecule has 0 spiro atoms. The fourth-order valence-electron chi connectivity index (χ4n) is 3.31. The van der Waals surface area contributed by atoms with Crippen LogP contribution in [0.25, 0.3) is 11.3 Å². The number of amides is 1. The zero-order chi connectivity index (χ0) is 18.8. The van der Waals surface area contributed by atoms with Gasteiger partial charge < -0.3 is 9.88 Å². The van der Waals surface area contributed by atoms with E-state index >= 15 is 0 Å². The number of carbonyl (C=O) groups is 2. The van der Waals surface area contributed by atoms with E-state index in [0.717, 1.165) is 59.7 Å². The summed E-state index contributed by atoms with van der Waals surface area (Å²) in [7, 11) is 0. The normalized spacial score (nSPS) is 13.9. The van der Waals surface area contributed by atoms with Gasteiger partial charge in [0.15, 0.2) is 5.78 Å². The summed E-state index contributed by atoms with van der Waals surface area (Å²) >= 11 is 1.61. The molecule has 3 aromatic rings. The van der Waals surface area contributed by atoms with E-state index in [9.17, 15) is 9.59 Å². The molecular weight excluding hydrogens is 358 g/mol. The maximum Gasteiger partial charge on any atom is 0.270 e. The highest BCUT2D eigenvalue weighted by Crippen LogP contribution is 2.25. The summed E-state index contributed by atoms with van der Waals surface area (Å²) in [6.07, 6.45) is 4.75. The summed E-state index contributed by atoms with van der Waals surface area (Å²) in [4.78, 5) is 33.5. The van der Waals surface area contributed by atoms with Crippen LogP contribution in [0.4, 0.5) is 0 Å². The van der Waals surface area contributed by atoms with Crippen LogP contribution in [0.3, 0.4) is 0 Å². The van der Waals surface area contributed by atoms with E-state index in [-0.39, 0.29) is 11.7 Å². The van der Waals surface area contributed by atoms with Crippen LogP contribution in [0, 0.1) is 0 Å². The molecule has 4 rings (SSSR count). The first kappa shape index (κ1) is 17.7. The Morgan fingerprint density at radius 1 is 1.19 bits per heavy atom. The lowest BCUT2D eigenvalue weighted by atomic mass is 10.1. The van der Waals surface area contributed by atoms with E-state index < -0.39 is 0 Å². The number of benzene rings is 1. The van der Waals surface area contributed by atoms with Gasteiger partial charge in [-0.25, -0.2) is 4.98 Å². The molecule has 0 radical (unpaired) electrons. The number of thiazole rings is 1. The first-order valence-corrected chi connectivity index (χ1v) is 10.0. The highest BCUT2D eigenvalue weighted by molar-refractivity contribution is 7.10. The first-order chi connectivity index (χ1) is 13.1. The zero-order valence-corrected chi connectivity index (χ0v) is 16.0. The molecule has 0 saturated carbocycles. The SMILES string of the molecule is CC(=O)c1ccc(Cc2nc(-c3c[nH]c(C(=O)N4CCCC4)c3)cs2)cc1. The first-order valence-electron chi connectivity index (χ1n) is 9.12. The van der Waals surface area contributed by atoms with Gasteiger partial charge in [0.2, 0.25) is 0 Å². The number of rotatable bonds is 5. The van der Waals surface area contributed by atoms with E-state index in [0.29, 0.717) is 5.69 Å². The molecule has 1 aliphatic heterocycles. The van der Waals surface area contributed by atoms with Crippen molar-refractivity contribution in [3.8, 4) is 11.3 Å². The Labute approximate surface area is 162 Å². The van der Waals surface area contributed by atoms with E-state index in [1.807, 2.05) is 46.8 Å². The van der Waals surface area contributed by atoms with Gasteiger partial charge in [-0.2, -0.15) is 0 Å². The van der Waals surface area contributed by atoms with Crippen LogP contribution < -0.4 is 0 Å². The van der Waals surface area contributed by atoms with Crippen molar-refractivity contribution in [1.29, 1.82) is 0 Å². The summed E-state index contributed by atoms with van der Waals surface area (Å²) in [5.41, 5.74) is 4.29. The van der Waals surface area contributed by atoms with Crippen LogP contribution in [0.1, 0.15) is 51.2 Å². The van der Waals surface area contributed by atoms with Gasteiger partial charge in [0.1, 0.15) is 5.69 Å². The van der Waals surface area contributed by atoms with Crippen molar-refractivity contribution < 1.29 is 9.59 Å². The van der Waals surface area contributed by atoms with Crippen LogP contribution in [0.5, 0.6) is 0 Å². The second-order valence-corrected chi connectivity index (χ2v) is 7.80. The van der Waals surface area contributed by atoms with Gasteiger partial charge in [-0.15, -0.1) is 11.3 Å². The molecule has 1 aromatic carbocycles. The van der Waals surface area contributed by atoms with Gasteiger partial charge in [0, 0.05) is 42.2 Å². The second kappa shape index (κ2) is 7.48. The quantitative estimate of drug-likeness (QED) is 0.677. The predicted molar refractivity (Wildman–Crippen MR) is 106 cm³/mol. The van der Waals surface area contributed by atoms with Crippen molar-refractivity contribution in [2.75, 3.05) is 13.1 Å². The van der Waals surface area contributed by atoms with Crippen molar-refractivity contribution in [3.63, 3.8) is 0 Å². The van der Waals surface area contributed by atoms with Gasteiger partial charge in [-0.05, 0) is 31.4 Å². The summed E-state index contributed by atoms with van der Waals surface area (Å²) in [5, 5.41) is 3.03. The number of nitrogens with zero attached hydrogens (tertiary/aromatic N) is 2. The minimum atomic E-state index is 0.0692.